The molecule has 0 amide bonds. The van der Waals surface area contributed by atoms with Gasteiger partial charge in [0.25, 0.3) is 0 Å². The van der Waals surface area contributed by atoms with Gasteiger partial charge in [-0.25, -0.2) is 0 Å². The number of anilines is 3. The minimum Gasteiger partial charge on any atom is -0.310 e. The lowest BCUT2D eigenvalue weighted by molar-refractivity contribution is 0.660. The van der Waals surface area contributed by atoms with Crippen LogP contribution in [0.25, 0.3) is 44.2 Å². The number of fused-ring (bicyclic) bond motifs is 8. The van der Waals surface area contributed by atoms with Crippen LogP contribution in [0.1, 0.15) is 47.2 Å². The van der Waals surface area contributed by atoms with Crippen molar-refractivity contribution in [1.82, 2.24) is 0 Å². The molecule has 9 aromatic carbocycles. The van der Waals surface area contributed by atoms with E-state index in [1.807, 2.05) is 0 Å². The van der Waals surface area contributed by atoms with Crippen LogP contribution in [0.5, 0.6) is 0 Å². The predicted octanol–water partition coefficient (Wildman–Crippen LogP) is 14.6. The van der Waals surface area contributed by atoms with Crippen molar-refractivity contribution in [3.63, 3.8) is 0 Å². The molecule has 0 atom stereocenters. The average molecular weight is 728 g/mol. The molecule has 0 fully saturated rings. The molecule has 1 nitrogen and oxygen atoms in total. The zero-order valence-corrected chi connectivity index (χ0v) is 32.2. The van der Waals surface area contributed by atoms with Gasteiger partial charge in [0.1, 0.15) is 0 Å². The van der Waals surface area contributed by atoms with Gasteiger partial charge in [0.05, 0.1) is 11.1 Å². The Morgan fingerprint density at radius 2 is 0.895 bits per heavy atom. The zero-order chi connectivity index (χ0) is 38.1. The van der Waals surface area contributed by atoms with E-state index in [2.05, 4.69) is 231 Å². The van der Waals surface area contributed by atoms with E-state index in [9.17, 15) is 0 Å². The molecule has 0 heterocycles. The first-order valence-electron chi connectivity index (χ1n) is 20.0. The van der Waals surface area contributed by atoms with Gasteiger partial charge in [-0.15, -0.1) is 0 Å². The van der Waals surface area contributed by atoms with E-state index in [1.165, 1.54) is 77.5 Å². The predicted molar refractivity (Wildman–Crippen MR) is 239 cm³/mol. The lowest BCUT2D eigenvalue weighted by Gasteiger charge is -2.36. The maximum absolute atomic E-state index is 2.51. The Kier molecular flexibility index (Phi) is 7.50. The highest BCUT2D eigenvalue weighted by Crippen LogP contribution is 2.60. The van der Waals surface area contributed by atoms with E-state index in [0.717, 1.165) is 17.1 Å². The quantitative estimate of drug-likeness (QED) is 0.165. The van der Waals surface area contributed by atoms with Crippen molar-refractivity contribution in [2.24, 2.45) is 0 Å². The molecule has 57 heavy (non-hydrogen) atoms. The topological polar surface area (TPSA) is 3.24 Å². The van der Waals surface area contributed by atoms with Crippen molar-refractivity contribution in [2.45, 2.75) is 24.7 Å². The third-order valence-corrected chi connectivity index (χ3v) is 12.7. The Morgan fingerprint density at radius 1 is 0.368 bits per heavy atom. The molecule has 2 aliphatic rings. The Labute approximate surface area is 335 Å². The summed E-state index contributed by atoms with van der Waals surface area (Å²) in [7, 11) is 0. The summed E-state index contributed by atoms with van der Waals surface area (Å²) in [6, 6.07) is 78.8. The molecule has 0 aliphatic heterocycles. The number of hydrogen-bond acceptors (Lipinski definition) is 1. The van der Waals surface area contributed by atoms with E-state index in [0.29, 0.717) is 0 Å². The van der Waals surface area contributed by atoms with Gasteiger partial charge in [-0.05, 0) is 102 Å². The fourth-order valence-corrected chi connectivity index (χ4v) is 10.2. The molecular formula is C56H41N. The van der Waals surface area contributed by atoms with Crippen molar-refractivity contribution < 1.29 is 0 Å². The highest BCUT2D eigenvalue weighted by molar-refractivity contribution is 6.08. The molecule has 2 aliphatic carbocycles. The number of rotatable bonds is 6. The summed E-state index contributed by atoms with van der Waals surface area (Å²) in [5, 5.41) is 2.48. The second kappa shape index (κ2) is 12.8. The summed E-state index contributed by atoms with van der Waals surface area (Å²) in [5.74, 6) is 0. The first-order valence-corrected chi connectivity index (χ1v) is 20.0. The van der Waals surface area contributed by atoms with Crippen LogP contribution in [0.2, 0.25) is 0 Å². The molecular weight excluding hydrogens is 687 g/mol. The normalized spacial score (nSPS) is 14.1. The summed E-state index contributed by atoms with van der Waals surface area (Å²) in [6.07, 6.45) is 0. The second-order valence-electron chi connectivity index (χ2n) is 16.0. The van der Waals surface area contributed by atoms with E-state index in [4.69, 9.17) is 0 Å². The molecule has 0 N–H and O–H groups in total. The SMILES string of the molecule is CC1(C)c2ccccc2-c2ccc(N(c3ccc(-c4ccccc4)cc3)c3cccc4ccc5c(c34)C(c3ccccc3)(c3ccccc3)c3ccccc3-5)cc21. The molecule has 0 spiro atoms. The maximum atomic E-state index is 2.51. The molecule has 270 valence electrons. The summed E-state index contributed by atoms with van der Waals surface area (Å²) in [5.41, 5.74) is 18.3. The third-order valence-electron chi connectivity index (χ3n) is 12.7. The summed E-state index contributed by atoms with van der Waals surface area (Å²) >= 11 is 0. The minimum atomic E-state index is -0.547. The second-order valence-corrected chi connectivity index (χ2v) is 16.0. The maximum Gasteiger partial charge on any atom is 0.0720 e. The van der Waals surface area contributed by atoms with Crippen molar-refractivity contribution in [3.05, 3.63) is 246 Å². The van der Waals surface area contributed by atoms with Crippen LogP contribution in [0.4, 0.5) is 17.1 Å². The van der Waals surface area contributed by atoms with Crippen molar-refractivity contribution >= 4 is 27.8 Å². The largest absolute Gasteiger partial charge is 0.310 e. The van der Waals surface area contributed by atoms with Crippen LogP contribution in [0.15, 0.2) is 212 Å². The first kappa shape index (κ1) is 33.4. The zero-order valence-electron chi connectivity index (χ0n) is 32.2. The van der Waals surface area contributed by atoms with Crippen molar-refractivity contribution in [2.75, 3.05) is 4.90 Å². The molecule has 0 aromatic heterocycles. The van der Waals surface area contributed by atoms with Gasteiger partial charge in [0, 0.05) is 22.2 Å². The summed E-state index contributed by atoms with van der Waals surface area (Å²) in [4.78, 5) is 2.51. The highest BCUT2D eigenvalue weighted by atomic mass is 15.1. The Morgan fingerprint density at radius 3 is 1.58 bits per heavy atom. The number of benzene rings is 9. The number of nitrogens with zero attached hydrogens (tertiary/aromatic N) is 1. The van der Waals surface area contributed by atoms with Gasteiger partial charge in [0.15, 0.2) is 0 Å². The van der Waals surface area contributed by atoms with Crippen LogP contribution in [0.3, 0.4) is 0 Å². The smallest absolute Gasteiger partial charge is 0.0720 e. The molecule has 9 aromatic rings. The van der Waals surface area contributed by atoms with E-state index < -0.39 is 5.41 Å². The van der Waals surface area contributed by atoms with Crippen LogP contribution in [0, 0.1) is 0 Å². The average Bonchev–Trinajstić information content (AvgIpc) is 3.71. The van der Waals surface area contributed by atoms with Crippen LogP contribution < -0.4 is 4.90 Å². The van der Waals surface area contributed by atoms with Gasteiger partial charge in [0.2, 0.25) is 0 Å². The summed E-state index contributed by atoms with van der Waals surface area (Å²) < 4.78 is 0. The van der Waals surface area contributed by atoms with Gasteiger partial charge >= 0.3 is 0 Å². The molecule has 0 saturated carbocycles. The van der Waals surface area contributed by atoms with Gasteiger partial charge < -0.3 is 4.90 Å². The van der Waals surface area contributed by atoms with Crippen LogP contribution >= 0.6 is 0 Å². The molecule has 0 radical (unpaired) electrons. The van der Waals surface area contributed by atoms with Gasteiger partial charge in [-0.3, -0.25) is 0 Å². The summed E-state index contributed by atoms with van der Waals surface area (Å²) in [6.45, 7) is 4.74. The lowest BCUT2D eigenvalue weighted by Crippen LogP contribution is -2.29. The van der Waals surface area contributed by atoms with Crippen molar-refractivity contribution in [1.29, 1.82) is 0 Å². The molecule has 1 heteroatoms. The number of hydrogen-bond donors (Lipinski definition) is 0. The van der Waals surface area contributed by atoms with Gasteiger partial charge in [-0.2, -0.15) is 0 Å². The monoisotopic (exact) mass is 727 g/mol. The van der Waals surface area contributed by atoms with Crippen molar-refractivity contribution in [3.8, 4) is 33.4 Å². The van der Waals surface area contributed by atoms with Crippen LogP contribution in [-0.2, 0) is 10.8 Å². The highest BCUT2D eigenvalue weighted by Gasteiger charge is 2.47. The molecule has 11 rings (SSSR count). The van der Waals surface area contributed by atoms with E-state index >= 15 is 0 Å². The third kappa shape index (κ3) is 4.89. The molecule has 0 unspecified atom stereocenters. The fourth-order valence-electron chi connectivity index (χ4n) is 10.2. The lowest BCUT2D eigenvalue weighted by atomic mass is 9.66. The Hall–Kier alpha value is -6.96. The molecule has 0 bridgehead atoms. The standard InChI is InChI=1S/C56H41N/c1-55(2)49-26-14-12-24-45(49)47-36-34-44(37-51(47)55)57(43-32-29-39(30-33-43)38-17-6-3-7-18-38)52-28-16-19-40-31-35-48-46-25-13-15-27-50(46)56(54(48)53(40)52,41-20-8-4-9-21-41)42-22-10-5-11-23-42/h3-37H,1-2H3. The Bertz CT molecular complexity index is 2920. The molecule has 0 saturated heterocycles. The minimum absolute atomic E-state index is 0.137. The van der Waals surface area contributed by atoms with Crippen LogP contribution in [-0.4, -0.2) is 0 Å². The Balaban J connectivity index is 1.23. The van der Waals surface area contributed by atoms with E-state index in [-0.39, 0.29) is 5.41 Å². The van der Waals surface area contributed by atoms with E-state index in [1.54, 1.807) is 0 Å². The van der Waals surface area contributed by atoms with Gasteiger partial charge in [-0.1, -0.05) is 196 Å². The first-order chi connectivity index (χ1) is 28.0. The fraction of sp³-hybridized carbons (Fsp3) is 0.0714.